The Morgan fingerprint density at radius 1 is 1.06 bits per heavy atom. The molecule has 0 spiro atoms. The van der Waals surface area contributed by atoms with Crippen LogP contribution in [0.2, 0.25) is 0 Å². The number of hydrogen-bond donors (Lipinski definition) is 2. The van der Waals surface area contributed by atoms with Crippen molar-refractivity contribution in [1.82, 2.24) is 30.3 Å². The van der Waals surface area contributed by atoms with Crippen LogP contribution < -0.4 is 10.6 Å². The van der Waals surface area contributed by atoms with Crippen molar-refractivity contribution in [3.8, 4) is 5.82 Å². The predicted molar refractivity (Wildman–Crippen MR) is 126 cm³/mol. The second kappa shape index (κ2) is 11.4. The Kier molecular flexibility index (Phi) is 7.84. The van der Waals surface area contributed by atoms with Gasteiger partial charge >= 0.3 is 0 Å². The van der Waals surface area contributed by atoms with Crippen molar-refractivity contribution < 1.29 is 4.74 Å². The minimum Gasteiger partial charge on any atom is -0.379 e. The standard InChI is InChI=1S/C24H31N7O/c1-2-25-24(27-17-20-8-10-26-23(16-20)31-11-5-9-29-31)28-18-21-6-3-4-7-22(21)19-30-12-14-32-15-13-30/h3-11,16H,2,12-15,17-19H2,1H3,(H2,25,27,28). The summed E-state index contributed by atoms with van der Waals surface area (Å²) in [7, 11) is 0. The largest absolute Gasteiger partial charge is 0.379 e. The molecule has 1 aliphatic rings. The monoisotopic (exact) mass is 433 g/mol. The van der Waals surface area contributed by atoms with Crippen LogP contribution in [0.15, 0.2) is 66.0 Å². The lowest BCUT2D eigenvalue weighted by atomic mass is 10.1. The number of pyridine rings is 1. The number of nitrogens with zero attached hydrogens (tertiary/aromatic N) is 5. The van der Waals surface area contributed by atoms with E-state index in [1.54, 1.807) is 17.1 Å². The number of ether oxygens (including phenoxy) is 1. The van der Waals surface area contributed by atoms with Gasteiger partial charge in [-0.25, -0.2) is 14.7 Å². The number of benzene rings is 1. The third-order valence-corrected chi connectivity index (χ3v) is 5.38. The third kappa shape index (κ3) is 6.15. The van der Waals surface area contributed by atoms with Crippen molar-refractivity contribution in [2.75, 3.05) is 32.8 Å². The zero-order valence-electron chi connectivity index (χ0n) is 18.6. The first-order valence-electron chi connectivity index (χ1n) is 11.2. The number of hydrogen-bond acceptors (Lipinski definition) is 5. The third-order valence-electron chi connectivity index (χ3n) is 5.38. The molecule has 0 amide bonds. The van der Waals surface area contributed by atoms with Crippen molar-refractivity contribution >= 4 is 5.96 Å². The highest BCUT2D eigenvalue weighted by Gasteiger charge is 2.13. The van der Waals surface area contributed by atoms with E-state index < -0.39 is 0 Å². The van der Waals surface area contributed by atoms with Gasteiger partial charge in [0.2, 0.25) is 0 Å². The van der Waals surface area contributed by atoms with Crippen molar-refractivity contribution in [1.29, 1.82) is 0 Å². The molecule has 1 aromatic carbocycles. The molecule has 0 aliphatic carbocycles. The van der Waals surface area contributed by atoms with Gasteiger partial charge in [0.15, 0.2) is 11.8 Å². The van der Waals surface area contributed by atoms with Gasteiger partial charge in [0, 0.05) is 51.3 Å². The first-order valence-corrected chi connectivity index (χ1v) is 11.2. The van der Waals surface area contributed by atoms with Crippen LogP contribution in [0.3, 0.4) is 0 Å². The molecule has 3 aromatic rings. The molecular formula is C24H31N7O. The number of guanidine groups is 1. The van der Waals surface area contributed by atoms with Gasteiger partial charge in [-0.1, -0.05) is 24.3 Å². The zero-order valence-corrected chi connectivity index (χ0v) is 18.6. The van der Waals surface area contributed by atoms with Gasteiger partial charge in [-0.15, -0.1) is 0 Å². The van der Waals surface area contributed by atoms with Crippen molar-refractivity contribution in [2.45, 2.75) is 26.6 Å². The van der Waals surface area contributed by atoms with Crippen LogP contribution in [0.25, 0.3) is 5.82 Å². The molecule has 168 valence electrons. The number of aliphatic imine (C=N–C) groups is 1. The lowest BCUT2D eigenvalue weighted by molar-refractivity contribution is 0.0341. The summed E-state index contributed by atoms with van der Waals surface area (Å²) in [5, 5.41) is 11.1. The van der Waals surface area contributed by atoms with Gasteiger partial charge in [0.05, 0.1) is 19.8 Å². The maximum atomic E-state index is 5.48. The molecule has 1 aliphatic heterocycles. The lowest BCUT2D eigenvalue weighted by Gasteiger charge is -2.27. The molecule has 4 rings (SSSR count). The fourth-order valence-corrected chi connectivity index (χ4v) is 3.66. The van der Waals surface area contributed by atoms with Gasteiger partial charge < -0.3 is 15.4 Å². The fraction of sp³-hybridized carbons (Fsp3) is 0.375. The van der Waals surface area contributed by atoms with E-state index >= 15 is 0 Å². The average molecular weight is 434 g/mol. The summed E-state index contributed by atoms with van der Waals surface area (Å²) in [5.74, 6) is 1.59. The highest BCUT2D eigenvalue weighted by molar-refractivity contribution is 5.79. The number of aromatic nitrogens is 3. The Hall–Kier alpha value is -3.23. The van der Waals surface area contributed by atoms with Crippen LogP contribution in [-0.4, -0.2) is 58.5 Å². The van der Waals surface area contributed by atoms with Crippen LogP contribution >= 0.6 is 0 Å². The van der Waals surface area contributed by atoms with Gasteiger partial charge in [-0.3, -0.25) is 4.90 Å². The summed E-state index contributed by atoms with van der Waals surface area (Å²) in [6, 6.07) is 14.5. The molecule has 0 unspecified atom stereocenters. The van der Waals surface area contributed by atoms with E-state index in [1.165, 1.54) is 11.1 Å². The Balaban J connectivity index is 1.40. The highest BCUT2D eigenvalue weighted by Crippen LogP contribution is 2.13. The Bertz CT molecular complexity index is 997. The summed E-state index contributed by atoms with van der Waals surface area (Å²) in [6.07, 6.45) is 5.43. The van der Waals surface area contributed by atoms with E-state index in [2.05, 4.69) is 56.8 Å². The van der Waals surface area contributed by atoms with Crippen molar-refractivity contribution in [3.05, 3.63) is 77.7 Å². The Labute approximate surface area is 189 Å². The van der Waals surface area contributed by atoms with E-state index in [-0.39, 0.29) is 0 Å². The molecule has 1 saturated heterocycles. The van der Waals surface area contributed by atoms with Gasteiger partial charge in [0.1, 0.15) is 0 Å². The fourth-order valence-electron chi connectivity index (χ4n) is 3.66. The van der Waals surface area contributed by atoms with E-state index in [1.807, 2.05) is 24.4 Å². The van der Waals surface area contributed by atoms with Gasteiger partial charge in [0.25, 0.3) is 0 Å². The molecule has 0 radical (unpaired) electrons. The highest BCUT2D eigenvalue weighted by atomic mass is 16.5. The smallest absolute Gasteiger partial charge is 0.191 e. The van der Waals surface area contributed by atoms with Crippen LogP contribution in [0.1, 0.15) is 23.6 Å². The van der Waals surface area contributed by atoms with Crippen LogP contribution in [0.5, 0.6) is 0 Å². The van der Waals surface area contributed by atoms with Crippen molar-refractivity contribution in [3.63, 3.8) is 0 Å². The molecule has 1 fully saturated rings. The quantitative estimate of drug-likeness (QED) is 0.419. The minimum atomic E-state index is 0.557. The Morgan fingerprint density at radius 3 is 2.69 bits per heavy atom. The van der Waals surface area contributed by atoms with E-state index in [9.17, 15) is 0 Å². The first-order chi connectivity index (χ1) is 15.8. The molecule has 0 saturated carbocycles. The summed E-state index contributed by atoms with van der Waals surface area (Å²) < 4.78 is 7.23. The van der Waals surface area contributed by atoms with E-state index in [0.717, 1.165) is 63.3 Å². The van der Waals surface area contributed by atoms with Gasteiger partial charge in [-0.2, -0.15) is 5.10 Å². The predicted octanol–water partition coefficient (Wildman–Crippen LogP) is 2.35. The van der Waals surface area contributed by atoms with Crippen LogP contribution in [-0.2, 0) is 24.4 Å². The summed E-state index contributed by atoms with van der Waals surface area (Å²) in [5.41, 5.74) is 3.71. The minimum absolute atomic E-state index is 0.557. The Morgan fingerprint density at radius 2 is 1.91 bits per heavy atom. The summed E-state index contributed by atoms with van der Waals surface area (Å²) >= 11 is 0. The van der Waals surface area contributed by atoms with E-state index in [4.69, 9.17) is 9.73 Å². The first kappa shape index (κ1) is 22.0. The molecular weight excluding hydrogens is 402 g/mol. The molecule has 0 bridgehead atoms. The zero-order chi connectivity index (χ0) is 22.0. The summed E-state index contributed by atoms with van der Waals surface area (Å²) in [6.45, 7) is 8.70. The second-order valence-corrected chi connectivity index (χ2v) is 7.68. The SMILES string of the molecule is CCNC(=NCc1ccnc(-n2cccn2)c1)NCc1ccccc1CN1CCOCC1. The normalized spacial score (nSPS) is 15.0. The molecule has 0 atom stereocenters. The van der Waals surface area contributed by atoms with E-state index in [0.29, 0.717) is 6.54 Å². The number of nitrogens with one attached hydrogen (secondary N) is 2. The molecule has 32 heavy (non-hydrogen) atoms. The van der Waals surface area contributed by atoms with Crippen LogP contribution in [0, 0.1) is 0 Å². The lowest BCUT2D eigenvalue weighted by Crippen LogP contribution is -2.38. The molecule has 2 N–H and O–H groups in total. The second-order valence-electron chi connectivity index (χ2n) is 7.68. The molecule has 8 heteroatoms. The summed E-state index contributed by atoms with van der Waals surface area (Å²) in [4.78, 5) is 11.6. The number of morpholine rings is 1. The molecule has 2 aromatic heterocycles. The topological polar surface area (TPSA) is 79.6 Å². The maximum absolute atomic E-state index is 5.48. The molecule has 3 heterocycles. The van der Waals surface area contributed by atoms with Gasteiger partial charge in [-0.05, 0) is 41.8 Å². The van der Waals surface area contributed by atoms with Crippen LogP contribution in [0.4, 0.5) is 0 Å². The maximum Gasteiger partial charge on any atom is 0.191 e. The number of rotatable bonds is 8. The van der Waals surface area contributed by atoms with Crippen molar-refractivity contribution in [2.24, 2.45) is 4.99 Å². The average Bonchev–Trinajstić information content (AvgIpc) is 3.38. The molecule has 8 nitrogen and oxygen atoms in total.